The number of rotatable bonds is 1. The van der Waals surface area contributed by atoms with Crippen LogP contribution < -0.4 is 4.57 Å². The minimum absolute atomic E-state index is 0.857. The molecule has 0 amide bonds. The van der Waals surface area contributed by atoms with Gasteiger partial charge in [0.25, 0.3) is 0 Å². The van der Waals surface area contributed by atoms with E-state index in [0.29, 0.717) is 0 Å². The lowest BCUT2D eigenvalue weighted by Gasteiger charge is -2.00. The largest absolute Gasteiger partial charge is 0.315 e. The van der Waals surface area contributed by atoms with Gasteiger partial charge in [-0.15, -0.1) is 0 Å². The van der Waals surface area contributed by atoms with E-state index in [1.54, 1.807) is 0 Å². The highest BCUT2D eigenvalue weighted by atomic mass is 32.1. The first-order valence-corrected chi connectivity index (χ1v) is 9.04. The molecule has 0 radical (unpaired) electrons. The zero-order valence-corrected chi connectivity index (χ0v) is 14.1. The fourth-order valence-corrected chi connectivity index (χ4v) is 4.99. The van der Waals surface area contributed by atoms with Crippen LogP contribution in [0.25, 0.3) is 37.6 Å². The van der Waals surface area contributed by atoms with E-state index in [1.165, 1.54) is 31.7 Å². The summed E-state index contributed by atoms with van der Waals surface area (Å²) in [5.41, 5.74) is 4.77. The Morgan fingerprint density at radius 3 is 2.84 bits per heavy atom. The smallest absolute Gasteiger partial charge is 0.264 e. The number of para-hydroxylation sites is 1. The van der Waals surface area contributed by atoms with Gasteiger partial charge < -0.3 is 0 Å². The van der Waals surface area contributed by atoms with E-state index in [-0.39, 0.29) is 0 Å². The van der Waals surface area contributed by atoms with Gasteiger partial charge in [-0.2, -0.15) is 4.57 Å². The summed E-state index contributed by atoms with van der Waals surface area (Å²) in [6.45, 7) is 0.857. The topological polar surface area (TPSA) is 34.6 Å². The molecule has 6 rings (SSSR count). The normalized spacial score (nSPS) is 12.6. The van der Waals surface area contributed by atoms with Crippen LogP contribution in [0.3, 0.4) is 0 Å². The third-order valence-corrected chi connectivity index (χ3v) is 5.98. The Kier molecular flexibility index (Phi) is 2.51. The van der Waals surface area contributed by atoms with Crippen LogP contribution in [0.5, 0.6) is 0 Å². The number of hydrogen-bond acceptors (Lipinski definition) is 3. The second-order valence-electron chi connectivity index (χ2n) is 6.22. The summed E-state index contributed by atoms with van der Waals surface area (Å²) < 4.78 is 6.00. The second-order valence-corrected chi connectivity index (χ2v) is 7.25. The van der Waals surface area contributed by atoms with Crippen molar-refractivity contribution in [3.63, 3.8) is 0 Å². The lowest BCUT2D eigenvalue weighted by molar-refractivity contribution is -0.645. The number of pyridine rings is 2. The molecule has 0 atom stereocenters. The van der Waals surface area contributed by atoms with Gasteiger partial charge in [0, 0.05) is 28.9 Å². The molecule has 0 spiro atoms. The molecule has 1 aliphatic rings. The van der Waals surface area contributed by atoms with Gasteiger partial charge in [0.05, 0.1) is 5.39 Å². The molecule has 0 fully saturated rings. The quantitative estimate of drug-likeness (QED) is 0.424. The van der Waals surface area contributed by atoms with Crippen molar-refractivity contribution in [2.45, 2.75) is 6.54 Å². The van der Waals surface area contributed by atoms with Crippen LogP contribution in [0.1, 0.15) is 5.56 Å². The highest BCUT2D eigenvalue weighted by Crippen LogP contribution is 2.39. The van der Waals surface area contributed by atoms with Crippen LogP contribution in [-0.2, 0) is 6.54 Å². The Labute approximate surface area is 147 Å². The van der Waals surface area contributed by atoms with Gasteiger partial charge in [-0.1, -0.05) is 35.6 Å². The van der Waals surface area contributed by atoms with Crippen molar-refractivity contribution in [1.82, 2.24) is 14.5 Å². The molecule has 0 N–H and O–H groups in total. The molecule has 25 heavy (non-hydrogen) atoms. The standard InChI is InChI=1S/C20H13N4S/c1-2-6-14(7-3-1)24-19-17-13(5-4-9-22-17)12-23(19)18-15-11-21-10-8-16(15)25-20(18)24/h1-11H,12H2/q+1. The molecule has 1 aliphatic heterocycles. The Hall–Kier alpha value is -3.05. The molecule has 5 aromatic rings. The maximum absolute atomic E-state index is 4.69. The summed E-state index contributed by atoms with van der Waals surface area (Å²) in [7, 11) is 0. The number of aromatic nitrogens is 4. The number of imidazole rings is 1. The van der Waals surface area contributed by atoms with E-state index < -0.39 is 0 Å². The van der Waals surface area contributed by atoms with Gasteiger partial charge in [0.15, 0.2) is 11.2 Å². The van der Waals surface area contributed by atoms with E-state index >= 15 is 0 Å². The summed E-state index contributed by atoms with van der Waals surface area (Å²) in [5, 5.41) is 1.21. The van der Waals surface area contributed by atoms with E-state index in [0.717, 1.165) is 18.1 Å². The predicted octanol–water partition coefficient (Wildman–Crippen LogP) is 3.95. The van der Waals surface area contributed by atoms with E-state index in [1.807, 2.05) is 36.0 Å². The predicted molar refractivity (Wildman–Crippen MR) is 99.0 cm³/mol. The van der Waals surface area contributed by atoms with Crippen LogP contribution in [0.2, 0.25) is 0 Å². The van der Waals surface area contributed by atoms with Crippen molar-refractivity contribution >= 4 is 31.8 Å². The molecule has 0 unspecified atom stereocenters. The first-order valence-electron chi connectivity index (χ1n) is 8.22. The summed E-state index contributed by atoms with van der Waals surface area (Å²) in [4.78, 5) is 10.3. The minimum Gasteiger partial charge on any atom is -0.264 e. The molecule has 5 heterocycles. The Bertz CT molecular complexity index is 1270. The Morgan fingerprint density at radius 1 is 1.00 bits per heavy atom. The van der Waals surface area contributed by atoms with Gasteiger partial charge in [-0.3, -0.25) is 4.98 Å². The van der Waals surface area contributed by atoms with E-state index in [4.69, 9.17) is 0 Å². The number of thiophene rings is 1. The molecule has 0 bridgehead atoms. The number of fused-ring (bicyclic) bond motifs is 7. The van der Waals surface area contributed by atoms with Crippen LogP contribution in [0.15, 0.2) is 67.1 Å². The summed E-state index contributed by atoms with van der Waals surface area (Å²) in [6, 6.07) is 16.8. The van der Waals surface area contributed by atoms with Gasteiger partial charge in [-0.25, -0.2) is 9.55 Å². The third-order valence-electron chi connectivity index (χ3n) is 4.83. The molecule has 0 saturated heterocycles. The average Bonchev–Trinajstić information content (AvgIpc) is 3.29. The van der Waals surface area contributed by atoms with E-state index in [9.17, 15) is 0 Å². The van der Waals surface area contributed by atoms with Gasteiger partial charge in [0.2, 0.25) is 4.83 Å². The second kappa shape index (κ2) is 4.74. The maximum Gasteiger partial charge on any atom is 0.315 e. The molecule has 5 heteroatoms. The summed E-state index contributed by atoms with van der Waals surface area (Å²) >= 11 is 1.82. The zero-order valence-electron chi connectivity index (χ0n) is 13.3. The first kappa shape index (κ1) is 13.3. The van der Waals surface area contributed by atoms with Crippen LogP contribution >= 0.6 is 11.3 Å². The lowest BCUT2D eigenvalue weighted by Crippen LogP contribution is -2.31. The zero-order chi connectivity index (χ0) is 16.4. The van der Waals surface area contributed by atoms with Crippen molar-refractivity contribution in [3.8, 4) is 17.2 Å². The van der Waals surface area contributed by atoms with Crippen molar-refractivity contribution in [1.29, 1.82) is 0 Å². The molecular weight excluding hydrogens is 328 g/mol. The lowest BCUT2D eigenvalue weighted by atomic mass is 10.2. The molecule has 1 aromatic carbocycles. The first-order chi connectivity index (χ1) is 12.4. The van der Waals surface area contributed by atoms with Crippen molar-refractivity contribution in [2.24, 2.45) is 0 Å². The van der Waals surface area contributed by atoms with Crippen molar-refractivity contribution in [2.75, 3.05) is 0 Å². The molecule has 4 nitrogen and oxygen atoms in total. The SMILES string of the molecule is c1ccc(-n2c3[n+](c4c5cnccc5sc42)Cc2cccnc2-3)cc1. The molecule has 4 aromatic heterocycles. The third kappa shape index (κ3) is 1.68. The van der Waals surface area contributed by atoms with Crippen molar-refractivity contribution < 1.29 is 4.57 Å². The van der Waals surface area contributed by atoms with Crippen LogP contribution in [-0.4, -0.2) is 14.5 Å². The average molecular weight is 341 g/mol. The highest BCUT2D eigenvalue weighted by molar-refractivity contribution is 7.25. The molecule has 118 valence electrons. The van der Waals surface area contributed by atoms with Crippen LogP contribution in [0, 0.1) is 0 Å². The minimum atomic E-state index is 0.857. The highest BCUT2D eigenvalue weighted by Gasteiger charge is 2.37. The number of nitrogens with zero attached hydrogens (tertiary/aromatic N) is 4. The Balaban J connectivity index is 1.83. The monoisotopic (exact) mass is 341 g/mol. The fourth-order valence-electron chi connectivity index (χ4n) is 3.79. The van der Waals surface area contributed by atoms with Gasteiger partial charge in [0.1, 0.15) is 12.2 Å². The molecule has 0 aliphatic carbocycles. The maximum atomic E-state index is 4.69. The fraction of sp³-hybridized carbons (Fsp3) is 0.0500. The number of hydrogen-bond donors (Lipinski definition) is 0. The molecule has 0 saturated carbocycles. The number of benzene rings is 1. The molecular formula is C20H13N4S+. The van der Waals surface area contributed by atoms with Gasteiger partial charge >= 0.3 is 5.82 Å². The van der Waals surface area contributed by atoms with E-state index in [2.05, 4.69) is 61.6 Å². The summed E-state index contributed by atoms with van der Waals surface area (Å²) in [6.07, 6.45) is 5.73. The summed E-state index contributed by atoms with van der Waals surface area (Å²) in [5.74, 6) is 1.16. The van der Waals surface area contributed by atoms with Crippen molar-refractivity contribution in [3.05, 3.63) is 72.7 Å². The van der Waals surface area contributed by atoms with Crippen LogP contribution in [0.4, 0.5) is 0 Å². The van der Waals surface area contributed by atoms with Gasteiger partial charge in [-0.05, 0) is 24.3 Å². The Morgan fingerprint density at radius 2 is 1.92 bits per heavy atom.